The number of aromatic nitrogens is 2. The molecule has 3 aromatic rings. The molecule has 0 spiro atoms. The smallest absolute Gasteiger partial charge is 0.368 e. The Morgan fingerprint density at radius 1 is 0.789 bits per heavy atom. The first-order chi connectivity index (χ1) is 18.0. The molecule has 4 N–H and O–H groups in total. The van der Waals surface area contributed by atoms with E-state index in [0.717, 1.165) is 29.8 Å². The van der Waals surface area contributed by atoms with Crippen LogP contribution in [-0.2, 0) is 4.79 Å². The third-order valence-electron chi connectivity index (χ3n) is 5.02. The quantitative estimate of drug-likeness (QED) is 0.211. The number of nitrogens with zero attached hydrogens (tertiary/aromatic N) is 2. The van der Waals surface area contributed by atoms with Crippen molar-refractivity contribution in [3.05, 3.63) is 70.7 Å². The standard InChI is InChI=1S/C25H24ClF3N6O3/c1-15(36)30-10-11-31-20-14-21(35-23(34-20)17-6-8-19(26)9-7-17)32-12-13-33-24(38)18-4-2-16(3-5-18)22(37)25(27,28)29/h2-9,14H,10-13H2,1H3,(H,30,36)(H,33,38)(H2,31,32,34,35). The second kappa shape index (κ2) is 12.9. The zero-order valence-corrected chi connectivity index (χ0v) is 20.9. The van der Waals surface area contributed by atoms with Crippen molar-refractivity contribution in [1.29, 1.82) is 0 Å². The van der Waals surface area contributed by atoms with E-state index in [1.165, 1.54) is 6.92 Å². The van der Waals surface area contributed by atoms with Crippen molar-refractivity contribution < 1.29 is 27.6 Å². The number of Topliss-reactive ketones (excluding diaryl/α,β-unsaturated/α-hetero) is 1. The van der Waals surface area contributed by atoms with Gasteiger partial charge in [0.05, 0.1) is 0 Å². The number of carbonyl (C=O) groups is 3. The summed E-state index contributed by atoms with van der Waals surface area (Å²) in [6.45, 7) is 2.70. The molecule has 0 unspecified atom stereocenters. The molecular weight excluding hydrogens is 525 g/mol. The van der Waals surface area contributed by atoms with Gasteiger partial charge in [-0.2, -0.15) is 13.2 Å². The average Bonchev–Trinajstić information content (AvgIpc) is 2.88. The molecule has 2 amide bonds. The number of ketones is 1. The molecule has 9 nitrogen and oxygen atoms in total. The lowest BCUT2D eigenvalue weighted by atomic mass is 10.1. The maximum Gasteiger partial charge on any atom is 0.454 e. The van der Waals surface area contributed by atoms with Crippen molar-refractivity contribution in [2.75, 3.05) is 36.8 Å². The summed E-state index contributed by atoms with van der Waals surface area (Å²) in [6, 6.07) is 12.9. The highest BCUT2D eigenvalue weighted by Gasteiger charge is 2.39. The van der Waals surface area contributed by atoms with Crippen molar-refractivity contribution in [3.8, 4) is 11.4 Å². The summed E-state index contributed by atoms with van der Waals surface area (Å²) in [5.41, 5.74) is 0.294. The van der Waals surface area contributed by atoms with Gasteiger partial charge in [0.1, 0.15) is 11.6 Å². The van der Waals surface area contributed by atoms with Gasteiger partial charge in [-0.1, -0.05) is 23.7 Å². The van der Waals surface area contributed by atoms with Crippen molar-refractivity contribution in [3.63, 3.8) is 0 Å². The van der Waals surface area contributed by atoms with E-state index in [-0.39, 0.29) is 24.6 Å². The average molecular weight is 549 g/mol. The predicted molar refractivity (Wildman–Crippen MR) is 137 cm³/mol. The molecule has 0 saturated carbocycles. The largest absolute Gasteiger partial charge is 0.454 e. The van der Waals surface area contributed by atoms with Crippen LogP contribution in [0.2, 0.25) is 5.02 Å². The topological polar surface area (TPSA) is 125 Å². The molecule has 0 bridgehead atoms. The van der Waals surface area contributed by atoms with E-state index in [1.807, 2.05) is 0 Å². The number of hydrogen-bond donors (Lipinski definition) is 4. The summed E-state index contributed by atoms with van der Waals surface area (Å²) in [7, 11) is 0. The van der Waals surface area contributed by atoms with Gasteiger partial charge >= 0.3 is 6.18 Å². The SMILES string of the molecule is CC(=O)NCCNc1cc(NCCNC(=O)c2ccc(C(=O)C(F)(F)F)cc2)nc(-c2ccc(Cl)cc2)n1. The number of benzene rings is 2. The summed E-state index contributed by atoms with van der Waals surface area (Å²) in [6.07, 6.45) is -4.98. The van der Waals surface area contributed by atoms with Crippen molar-refractivity contribution >= 4 is 40.8 Å². The van der Waals surface area contributed by atoms with Crippen molar-refractivity contribution in [1.82, 2.24) is 20.6 Å². The maximum absolute atomic E-state index is 12.5. The first-order valence-corrected chi connectivity index (χ1v) is 11.8. The van der Waals surface area contributed by atoms with Crippen LogP contribution < -0.4 is 21.3 Å². The van der Waals surface area contributed by atoms with Crippen LogP contribution in [0.25, 0.3) is 11.4 Å². The molecule has 0 saturated heterocycles. The number of alkyl halides is 3. The Bertz CT molecular complexity index is 1280. The van der Waals surface area contributed by atoms with Gasteiger partial charge < -0.3 is 21.3 Å². The Morgan fingerprint density at radius 3 is 1.84 bits per heavy atom. The molecule has 0 aliphatic rings. The van der Waals surface area contributed by atoms with E-state index >= 15 is 0 Å². The summed E-state index contributed by atoms with van der Waals surface area (Å²) in [5.74, 6) is -1.23. The predicted octanol–water partition coefficient (Wildman–Crippen LogP) is 3.93. The molecule has 13 heteroatoms. The summed E-state index contributed by atoms with van der Waals surface area (Å²) in [4.78, 5) is 43.7. The molecule has 38 heavy (non-hydrogen) atoms. The highest BCUT2D eigenvalue weighted by molar-refractivity contribution is 6.30. The zero-order valence-electron chi connectivity index (χ0n) is 20.2. The van der Waals surface area contributed by atoms with Crippen molar-refractivity contribution in [2.45, 2.75) is 13.1 Å². The van der Waals surface area contributed by atoms with Crippen LogP contribution in [0, 0.1) is 0 Å². The van der Waals surface area contributed by atoms with Crippen LogP contribution in [0.15, 0.2) is 54.6 Å². The highest BCUT2D eigenvalue weighted by Crippen LogP contribution is 2.23. The molecule has 0 aliphatic carbocycles. The number of hydrogen-bond acceptors (Lipinski definition) is 7. The third-order valence-corrected chi connectivity index (χ3v) is 5.27. The lowest BCUT2D eigenvalue weighted by Crippen LogP contribution is -2.29. The van der Waals surface area contributed by atoms with Crippen LogP contribution >= 0.6 is 11.6 Å². The van der Waals surface area contributed by atoms with Gasteiger partial charge in [-0.05, 0) is 36.4 Å². The molecule has 1 aromatic heterocycles. The molecule has 0 aliphatic heterocycles. The van der Waals surface area contributed by atoms with Crippen LogP contribution in [0.3, 0.4) is 0 Å². The fourth-order valence-electron chi connectivity index (χ4n) is 3.19. The molecule has 0 atom stereocenters. The molecule has 0 radical (unpaired) electrons. The van der Waals surface area contributed by atoms with E-state index in [2.05, 4.69) is 31.2 Å². The summed E-state index contributed by atoms with van der Waals surface area (Å²) >= 11 is 5.97. The third kappa shape index (κ3) is 8.44. The Morgan fingerprint density at radius 2 is 1.32 bits per heavy atom. The van der Waals surface area contributed by atoms with E-state index in [4.69, 9.17) is 11.6 Å². The van der Waals surface area contributed by atoms with E-state index in [1.54, 1.807) is 30.3 Å². The minimum absolute atomic E-state index is 0.112. The Labute approximate surface area is 221 Å². The van der Waals surface area contributed by atoms with Crippen LogP contribution in [0.5, 0.6) is 0 Å². The number of nitrogens with one attached hydrogen (secondary N) is 4. The second-order valence-corrected chi connectivity index (χ2v) is 8.40. The first-order valence-electron chi connectivity index (χ1n) is 11.4. The molecule has 3 rings (SSSR count). The van der Waals surface area contributed by atoms with Crippen LogP contribution in [0.4, 0.5) is 24.8 Å². The van der Waals surface area contributed by atoms with Gasteiger partial charge in [0, 0.05) is 60.9 Å². The van der Waals surface area contributed by atoms with Gasteiger partial charge in [-0.3, -0.25) is 14.4 Å². The molecule has 0 fully saturated rings. The van der Waals surface area contributed by atoms with Gasteiger partial charge in [0.25, 0.3) is 11.7 Å². The number of anilines is 2. The molecule has 1 heterocycles. The fraction of sp³-hybridized carbons (Fsp3) is 0.240. The maximum atomic E-state index is 12.5. The lowest BCUT2D eigenvalue weighted by Gasteiger charge is -2.12. The Kier molecular flexibility index (Phi) is 9.61. The molecular formula is C25H24ClF3N6O3. The number of amides is 2. The van der Waals surface area contributed by atoms with E-state index < -0.39 is 23.4 Å². The Hall–Kier alpha value is -4.19. The van der Waals surface area contributed by atoms with E-state index in [9.17, 15) is 27.6 Å². The Balaban J connectivity index is 1.60. The zero-order chi connectivity index (χ0) is 27.7. The molecule has 200 valence electrons. The number of carbonyl (C=O) groups excluding carboxylic acids is 3. The summed E-state index contributed by atoms with van der Waals surface area (Å²) < 4.78 is 37.6. The van der Waals surface area contributed by atoms with Gasteiger partial charge in [-0.25, -0.2) is 9.97 Å². The van der Waals surface area contributed by atoms with E-state index in [0.29, 0.717) is 35.6 Å². The van der Waals surface area contributed by atoms with Gasteiger partial charge in [0.15, 0.2) is 5.82 Å². The minimum atomic E-state index is -4.98. The minimum Gasteiger partial charge on any atom is -0.368 e. The van der Waals surface area contributed by atoms with Crippen molar-refractivity contribution in [2.24, 2.45) is 0 Å². The molecule has 2 aromatic carbocycles. The highest BCUT2D eigenvalue weighted by atomic mass is 35.5. The normalized spacial score (nSPS) is 11.0. The monoisotopic (exact) mass is 548 g/mol. The van der Waals surface area contributed by atoms with Gasteiger partial charge in [-0.15, -0.1) is 0 Å². The van der Waals surface area contributed by atoms with Gasteiger partial charge in [0.2, 0.25) is 5.91 Å². The number of rotatable bonds is 11. The lowest BCUT2D eigenvalue weighted by molar-refractivity contribution is -0.118. The second-order valence-electron chi connectivity index (χ2n) is 7.97. The summed E-state index contributed by atoms with van der Waals surface area (Å²) in [5, 5.41) is 12.1. The number of halogens is 4. The van der Waals surface area contributed by atoms with Crippen LogP contribution in [0.1, 0.15) is 27.6 Å². The van der Waals surface area contributed by atoms with Crippen LogP contribution in [-0.4, -0.2) is 59.9 Å². The first kappa shape index (κ1) is 28.4. The fourth-order valence-corrected chi connectivity index (χ4v) is 3.32.